The highest BCUT2D eigenvalue weighted by Crippen LogP contribution is 2.58. The van der Waals surface area contributed by atoms with E-state index >= 15 is 0 Å². The van der Waals surface area contributed by atoms with Gasteiger partial charge in [0, 0.05) is 20.8 Å². The molecule has 0 spiro atoms. The molecule has 2 bridgehead atoms. The molecule has 4 aromatic rings. The molecule has 3 fully saturated rings. The number of thiol groups is 1. The first-order valence-corrected chi connectivity index (χ1v) is 27.4. The van der Waals surface area contributed by atoms with Crippen LogP contribution >= 0.6 is 25.8 Å². The van der Waals surface area contributed by atoms with Crippen LogP contribution in [0.1, 0.15) is 30.3 Å². The van der Waals surface area contributed by atoms with Crippen molar-refractivity contribution in [1.29, 1.82) is 0 Å². The molecule has 8 rings (SSSR count). The molecular weight excluding hydrogens is 859 g/mol. The van der Waals surface area contributed by atoms with Crippen molar-refractivity contribution in [2.24, 2.45) is 0 Å². The summed E-state index contributed by atoms with van der Waals surface area (Å²) in [6.45, 7) is -2.31. The van der Waals surface area contributed by atoms with Gasteiger partial charge in [0.05, 0.1) is 38.1 Å². The van der Waals surface area contributed by atoms with Gasteiger partial charge in [-0.2, -0.15) is 0 Å². The van der Waals surface area contributed by atoms with Gasteiger partial charge in [0.25, 0.3) is 0 Å². The Balaban J connectivity index is 1.04. The van der Waals surface area contributed by atoms with Gasteiger partial charge < -0.3 is 54.8 Å². The number of alkyl carbamates (subject to hydrolysis) is 1. The highest BCUT2D eigenvalue weighted by Gasteiger charge is 2.53. The van der Waals surface area contributed by atoms with Crippen molar-refractivity contribution in [2.45, 2.75) is 94.2 Å². The Bertz CT molecular complexity index is 2300. The fraction of sp³-hybridized carbons (Fsp3) is 0.613. The van der Waals surface area contributed by atoms with Gasteiger partial charge in [-0.1, -0.05) is 31.9 Å². The van der Waals surface area contributed by atoms with Crippen molar-refractivity contribution < 1.29 is 56.8 Å². The molecule has 3 saturated heterocycles. The SMILES string of the molecule is C[Si](C)(C)CCOC(=O)NCc1nc(N)c2ncn([C@@H]3O[C@@H]4COP(O)(=S)O[C@H]5[C@@H](O)[C@H](n6cc7c8c(ncnc86)NCCC7)O[C@@H]5COP(=O)(S)O[C@@H]3[C@@H]4O)c2n1. The second-order valence-electron chi connectivity index (χ2n) is 15.4. The number of aliphatic hydroxyl groups is 2. The number of hydrogen-bond acceptors (Lipinski definition) is 19. The third-order valence-electron chi connectivity index (χ3n) is 10.1. The number of nitrogens with two attached hydrogens (primary N) is 1. The maximum atomic E-state index is 13.9. The Kier molecular flexibility index (Phi) is 11.7. The van der Waals surface area contributed by atoms with E-state index in [9.17, 15) is 24.5 Å². The van der Waals surface area contributed by atoms with E-state index in [-0.39, 0.29) is 36.0 Å². The number of amides is 1. The van der Waals surface area contributed by atoms with E-state index in [1.165, 1.54) is 17.2 Å². The third kappa shape index (κ3) is 8.66. The van der Waals surface area contributed by atoms with Crippen LogP contribution in [0.15, 0.2) is 18.9 Å². The number of aryl methyl sites for hydroxylation is 1. The molecule has 1 amide bonds. The molecule has 8 heterocycles. The van der Waals surface area contributed by atoms with Crippen LogP contribution < -0.4 is 16.4 Å². The molecule has 58 heavy (non-hydrogen) atoms. The van der Waals surface area contributed by atoms with Gasteiger partial charge >= 0.3 is 19.6 Å². The quantitative estimate of drug-likeness (QED) is 0.0796. The molecule has 0 saturated carbocycles. The summed E-state index contributed by atoms with van der Waals surface area (Å²) in [5.41, 5.74) is 7.94. The summed E-state index contributed by atoms with van der Waals surface area (Å²) in [5, 5.41) is 29.8. The van der Waals surface area contributed by atoms with Gasteiger partial charge in [0.15, 0.2) is 29.7 Å². The number of aliphatic hydroxyl groups excluding tert-OH is 2. The van der Waals surface area contributed by atoms with E-state index in [1.807, 2.05) is 6.20 Å². The van der Waals surface area contributed by atoms with Crippen molar-refractivity contribution in [2.75, 3.05) is 37.4 Å². The topological polar surface area (TPSA) is 284 Å². The lowest BCUT2D eigenvalue weighted by molar-refractivity contribution is -0.0587. The summed E-state index contributed by atoms with van der Waals surface area (Å²) in [6.07, 6.45) is -5.26. The van der Waals surface area contributed by atoms with E-state index in [1.54, 1.807) is 4.57 Å². The lowest BCUT2D eigenvalue weighted by atomic mass is 10.1. The third-order valence-corrected chi connectivity index (χ3v) is 14.9. The number of carbonyl (C=O) groups is 1. The minimum absolute atomic E-state index is 0.0180. The van der Waals surface area contributed by atoms with Crippen LogP contribution in [-0.4, -0.2) is 126 Å². The van der Waals surface area contributed by atoms with Crippen LogP contribution in [0, 0.1) is 0 Å². The van der Waals surface area contributed by atoms with E-state index in [0.29, 0.717) is 11.5 Å². The zero-order chi connectivity index (χ0) is 41.1. The van der Waals surface area contributed by atoms with Crippen LogP contribution in [0.3, 0.4) is 0 Å². The standard InChI is InChI=1S/C31H44N10O12P2S2Si/c1-58(2,3)8-7-47-31(44)34-9-18-38-25(32)20-28(39-18)41(14-37-20)30-24-21(42)16(50-30)11-48-54(45,56)52-23-17(12-49-55(46,57)53-24)51-29(22(23)43)40-10-15-5-4-6-33-26-19(15)27(40)36-13-35-26/h10,13-14,16-17,21-24,29-30,42-43H,4-9,11-12H2,1-3H3,(H,34,44)(H,45,56)(H,46,57)(H2,32,38,39)(H,33,35,36)/t16-,17-,21-,22-,23-,24-,29-,30-,54?,55?/m1/s1. The highest BCUT2D eigenvalue weighted by molar-refractivity contribution is 8.44. The monoisotopic (exact) mass is 902 g/mol. The summed E-state index contributed by atoms with van der Waals surface area (Å²) in [4.78, 5) is 45.6. The van der Waals surface area contributed by atoms with Gasteiger partial charge in [-0.25, -0.2) is 34.3 Å². The average molecular weight is 903 g/mol. The van der Waals surface area contributed by atoms with Gasteiger partial charge in [-0.3, -0.25) is 18.1 Å². The van der Waals surface area contributed by atoms with Gasteiger partial charge in [0.2, 0.25) is 0 Å². The number of fused-ring (bicyclic) bond motifs is 4. The molecule has 4 aliphatic heterocycles. The molecule has 0 aromatic carbocycles. The summed E-state index contributed by atoms with van der Waals surface area (Å²) < 4.78 is 57.9. The fourth-order valence-corrected chi connectivity index (χ4v) is 10.8. The molecule has 22 nitrogen and oxygen atoms in total. The zero-order valence-electron chi connectivity index (χ0n) is 31.5. The Morgan fingerprint density at radius 1 is 1.07 bits per heavy atom. The van der Waals surface area contributed by atoms with Crippen molar-refractivity contribution in [1.82, 2.24) is 39.4 Å². The predicted octanol–water partition coefficient (Wildman–Crippen LogP) is 2.36. The van der Waals surface area contributed by atoms with Crippen LogP contribution in [-0.2, 0) is 61.6 Å². The second-order valence-corrected chi connectivity index (χ2v) is 26.7. The maximum absolute atomic E-state index is 13.9. The molecule has 0 radical (unpaired) electrons. The summed E-state index contributed by atoms with van der Waals surface area (Å²) in [5.74, 6) is 0.741. The largest absolute Gasteiger partial charge is 0.450 e. The van der Waals surface area contributed by atoms with E-state index < -0.39 is 90.0 Å². The number of nitrogens with one attached hydrogen (secondary N) is 2. The number of imidazole rings is 1. The number of carbonyl (C=O) groups excluding carboxylic acids is 1. The summed E-state index contributed by atoms with van der Waals surface area (Å²) in [7, 11) is -1.42. The normalized spacial score (nSPS) is 33.1. The lowest BCUT2D eigenvalue weighted by Crippen LogP contribution is -2.36. The number of rotatable bonds is 7. The molecular formula is C31H44N10O12P2S2Si. The molecule has 27 heteroatoms. The second kappa shape index (κ2) is 16.2. The molecule has 316 valence electrons. The zero-order valence-corrected chi connectivity index (χ0v) is 36.0. The first-order chi connectivity index (χ1) is 27.5. The van der Waals surface area contributed by atoms with Gasteiger partial charge in [0.1, 0.15) is 59.9 Å². The van der Waals surface area contributed by atoms with E-state index in [4.69, 9.17) is 49.8 Å². The number of anilines is 2. The van der Waals surface area contributed by atoms with Crippen LogP contribution in [0.25, 0.3) is 22.2 Å². The summed E-state index contributed by atoms with van der Waals surface area (Å²) >= 11 is 9.59. The number of nitrogens with zero attached hydrogens (tertiary/aromatic N) is 7. The Hall–Kier alpha value is -2.87. The van der Waals surface area contributed by atoms with Crippen LogP contribution in [0.4, 0.5) is 16.4 Å². The van der Waals surface area contributed by atoms with Crippen LogP contribution in [0.5, 0.6) is 0 Å². The van der Waals surface area contributed by atoms with Crippen molar-refractivity contribution in [3.8, 4) is 0 Å². The first kappa shape index (κ1) is 41.8. The molecule has 7 N–H and O–H groups in total. The fourth-order valence-electron chi connectivity index (χ4n) is 7.18. The Labute approximate surface area is 342 Å². The molecule has 0 aliphatic carbocycles. The molecule has 2 unspecified atom stereocenters. The minimum Gasteiger partial charge on any atom is -0.450 e. The van der Waals surface area contributed by atoms with Crippen LogP contribution in [0.2, 0.25) is 25.7 Å². The van der Waals surface area contributed by atoms with Gasteiger partial charge in [-0.15, -0.1) is 0 Å². The van der Waals surface area contributed by atoms with Crippen molar-refractivity contribution in [3.05, 3.63) is 30.2 Å². The lowest BCUT2D eigenvalue weighted by Gasteiger charge is -2.27. The number of nitrogen functional groups attached to an aromatic ring is 1. The summed E-state index contributed by atoms with van der Waals surface area (Å²) in [6, 6.07) is 0.794. The first-order valence-electron chi connectivity index (χ1n) is 18.4. The number of aromatic nitrogens is 7. The Morgan fingerprint density at radius 3 is 2.64 bits per heavy atom. The predicted molar refractivity (Wildman–Crippen MR) is 215 cm³/mol. The molecule has 4 aromatic heterocycles. The minimum atomic E-state index is -4.40. The smallest absolute Gasteiger partial charge is 0.407 e. The number of hydrogen-bond donors (Lipinski definition) is 7. The van der Waals surface area contributed by atoms with Crippen molar-refractivity contribution >= 4 is 85.6 Å². The maximum Gasteiger partial charge on any atom is 0.407 e. The number of ether oxygens (including phenoxy) is 3. The average Bonchev–Trinajstić information content (AvgIpc) is 3.86. The Morgan fingerprint density at radius 2 is 1.84 bits per heavy atom. The highest BCUT2D eigenvalue weighted by atomic mass is 32.7. The molecule has 10 atom stereocenters. The molecule has 4 aliphatic rings. The van der Waals surface area contributed by atoms with E-state index in [0.717, 1.165) is 36.4 Å². The van der Waals surface area contributed by atoms with Gasteiger partial charge in [-0.05, 0) is 36.3 Å². The van der Waals surface area contributed by atoms with E-state index in [2.05, 4.69) is 67.4 Å². The van der Waals surface area contributed by atoms with Crippen molar-refractivity contribution in [3.63, 3.8) is 0 Å².